The van der Waals surface area contributed by atoms with Gasteiger partial charge in [-0.3, -0.25) is 0 Å². The van der Waals surface area contributed by atoms with Gasteiger partial charge in [0.05, 0.1) is 0 Å². The molecule has 0 aliphatic heterocycles. The van der Waals surface area contributed by atoms with Gasteiger partial charge < -0.3 is 0 Å². The standard InChI is InChI=1S/C10H20S/c1-8(2)11-10-6-4-5-9(3)7-10/h8-10H,4-7H2,1-3H3. The van der Waals surface area contributed by atoms with Crippen LogP contribution in [0.15, 0.2) is 0 Å². The van der Waals surface area contributed by atoms with Crippen molar-refractivity contribution in [2.24, 2.45) is 5.92 Å². The summed E-state index contributed by atoms with van der Waals surface area (Å²) in [4.78, 5) is 0. The molecule has 66 valence electrons. The van der Waals surface area contributed by atoms with Crippen LogP contribution in [-0.2, 0) is 0 Å². The van der Waals surface area contributed by atoms with E-state index in [0.29, 0.717) is 0 Å². The number of hydrogen-bond acceptors (Lipinski definition) is 1. The minimum atomic E-state index is 0.824. The molecule has 11 heavy (non-hydrogen) atoms. The van der Waals surface area contributed by atoms with E-state index in [4.69, 9.17) is 0 Å². The van der Waals surface area contributed by atoms with Crippen LogP contribution in [0.3, 0.4) is 0 Å². The summed E-state index contributed by atoms with van der Waals surface area (Å²) in [5, 5.41) is 1.80. The molecule has 1 aliphatic carbocycles. The predicted octanol–water partition coefficient (Wildman–Crippen LogP) is 3.71. The quantitative estimate of drug-likeness (QED) is 0.612. The molecule has 1 aliphatic rings. The first kappa shape index (κ1) is 9.44. The van der Waals surface area contributed by atoms with Gasteiger partial charge in [-0.1, -0.05) is 33.6 Å². The Balaban J connectivity index is 2.23. The van der Waals surface area contributed by atoms with Gasteiger partial charge in [-0.05, 0) is 24.0 Å². The second-order valence-electron chi connectivity index (χ2n) is 4.08. The second kappa shape index (κ2) is 4.39. The normalized spacial score (nSPS) is 32.7. The van der Waals surface area contributed by atoms with Gasteiger partial charge in [0.15, 0.2) is 0 Å². The summed E-state index contributed by atoms with van der Waals surface area (Å²) in [5.41, 5.74) is 0. The Morgan fingerprint density at radius 1 is 1.27 bits per heavy atom. The van der Waals surface area contributed by atoms with Crippen LogP contribution in [0, 0.1) is 5.92 Å². The molecule has 0 nitrogen and oxygen atoms in total. The number of hydrogen-bond donors (Lipinski definition) is 0. The lowest BCUT2D eigenvalue weighted by atomic mass is 9.91. The summed E-state index contributed by atoms with van der Waals surface area (Å²) < 4.78 is 0. The van der Waals surface area contributed by atoms with E-state index in [2.05, 4.69) is 32.5 Å². The molecule has 0 aromatic carbocycles. The van der Waals surface area contributed by atoms with Gasteiger partial charge >= 0.3 is 0 Å². The van der Waals surface area contributed by atoms with Crippen molar-refractivity contribution >= 4 is 11.8 Å². The molecular weight excluding hydrogens is 152 g/mol. The average molecular weight is 172 g/mol. The van der Waals surface area contributed by atoms with E-state index in [9.17, 15) is 0 Å². The fourth-order valence-electron chi connectivity index (χ4n) is 1.89. The maximum Gasteiger partial charge on any atom is 0.00521 e. The van der Waals surface area contributed by atoms with Crippen LogP contribution in [0.1, 0.15) is 46.5 Å². The largest absolute Gasteiger partial charge is 0.156 e. The van der Waals surface area contributed by atoms with Crippen molar-refractivity contribution in [3.8, 4) is 0 Å². The van der Waals surface area contributed by atoms with E-state index < -0.39 is 0 Å². The molecule has 0 aromatic rings. The third kappa shape index (κ3) is 3.50. The molecule has 2 unspecified atom stereocenters. The van der Waals surface area contributed by atoms with Crippen molar-refractivity contribution < 1.29 is 0 Å². The molecule has 0 spiro atoms. The summed E-state index contributed by atoms with van der Waals surface area (Å²) in [6, 6.07) is 0. The van der Waals surface area contributed by atoms with Crippen LogP contribution in [0.25, 0.3) is 0 Å². The molecular formula is C10H20S. The van der Waals surface area contributed by atoms with Crippen molar-refractivity contribution in [1.82, 2.24) is 0 Å². The molecule has 0 saturated heterocycles. The van der Waals surface area contributed by atoms with Crippen LogP contribution in [0.2, 0.25) is 0 Å². The van der Waals surface area contributed by atoms with E-state index in [1.165, 1.54) is 25.7 Å². The third-order valence-electron chi connectivity index (χ3n) is 2.35. The Morgan fingerprint density at radius 2 is 2.00 bits per heavy atom. The lowest BCUT2D eigenvalue weighted by molar-refractivity contribution is 0.394. The molecule has 0 bridgehead atoms. The van der Waals surface area contributed by atoms with Crippen LogP contribution in [-0.4, -0.2) is 10.5 Å². The van der Waals surface area contributed by atoms with Gasteiger partial charge in [-0.15, -0.1) is 0 Å². The Hall–Kier alpha value is 0.350. The van der Waals surface area contributed by atoms with Crippen LogP contribution >= 0.6 is 11.8 Å². The van der Waals surface area contributed by atoms with E-state index in [-0.39, 0.29) is 0 Å². The molecule has 0 radical (unpaired) electrons. The predicted molar refractivity (Wildman–Crippen MR) is 54.1 cm³/mol. The fourth-order valence-corrected chi connectivity index (χ4v) is 3.40. The smallest absolute Gasteiger partial charge is 0.00521 e. The van der Waals surface area contributed by atoms with Crippen LogP contribution in [0.5, 0.6) is 0 Å². The zero-order valence-corrected chi connectivity index (χ0v) is 8.79. The van der Waals surface area contributed by atoms with Gasteiger partial charge in [-0.25, -0.2) is 0 Å². The van der Waals surface area contributed by atoms with E-state index >= 15 is 0 Å². The topological polar surface area (TPSA) is 0 Å². The third-order valence-corrected chi connectivity index (χ3v) is 3.71. The second-order valence-corrected chi connectivity index (χ2v) is 5.96. The maximum atomic E-state index is 2.40. The average Bonchev–Trinajstić information content (AvgIpc) is 1.85. The monoisotopic (exact) mass is 172 g/mol. The Labute approximate surface area is 75.1 Å². The van der Waals surface area contributed by atoms with Crippen LogP contribution in [0.4, 0.5) is 0 Å². The Bertz CT molecular complexity index is 107. The first-order chi connectivity index (χ1) is 5.18. The van der Waals surface area contributed by atoms with Gasteiger partial charge in [0.1, 0.15) is 0 Å². The minimum Gasteiger partial charge on any atom is -0.156 e. The van der Waals surface area contributed by atoms with E-state index in [0.717, 1.165) is 16.4 Å². The Kier molecular flexibility index (Phi) is 3.77. The van der Waals surface area contributed by atoms with Crippen molar-refractivity contribution in [3.05, 3.63) is 0 Å². The molecule has 0 amide bonds. The number of rotatable bonds is 2. The van der Waals surface area contributed by atoms with Gasteiger partial charge in [0.25, 0.3) is 0 Å². The highest BCUT2D eigenvalue weighted by atomic mass is 32.2. The molecule has 2 atom stereocenters. The zero-order chi connectivity index (χ0) is 8.27. The molecule has 0 aromatic heterocycles. The van der Waals surface area contributed by atoms with Crippen molar-refractivity contribution in [3.63, 3.8) is 0 Å². The van der Waals surface area contributed by atoms with Gasteiger partial charge in [0, 0.05) is 5.25 Å². The molecule has 1 saturated carbocycles. The zero-order valence-electron chi connectivity index (χ0n) is 7.97. The summed E-state index contributed by atoms with van der Waals surface area (Å²) in [6.45, 7) is 7.01. The van der Waals surface area contributed by atoms with E-state index in [1.54, 1.807) is 0 Å². The SMILES string of the molecule is CC1CCCC(SC(C)C)C1. The Morgan fingerprint density at radius 3 is 2.55 bits per heavy atom. The molecule has 1 fully saturated rings. The highest BCUT2D eigenvalue weighted by Crippen LogP contribution is 2.33. The first-order valence-electron chi connectivity index (χ1n) is 4.84. The number of thioether (sulfide) groups is 1. The highest BCUT2D eigenvalue weighted by molar-refractivity contribution is 8.00. The summed E-state index contributed by atoms with van der Waals surface area (Å²) >= 11 is 2.18. The van der Waals surface area contributed by atoms with Gasteiger partial charge in [0.2, 0.25) is 0 Å². The minimum absolute atomic E-state index is 0.824. The van der Waals surface area contributed by atoms with Crippen molar-refractivity contribution in [2.45, 2.75) is 57.0 Å². The van der Waals surface area contributed by atoms with Crippen LogP contribution < -0.4 is 0 Å². The van der Waals surface area contributed by atoms with Crippen molar-refractivity contribution in [1.29, 1.82) is 0 Å². The molecule has 1 heteroatoms. The summed E-state index contributed by atoms with van der Waals surface area (Å²) in [7, 11) is 0. The lowest BCUT2D eigenvalue weighted by Gasteiger charge is -2.27. The maximum absolute atomic E-state index is 2.40. The lowest BCUT2D eigenvalue weighted by Crippen LogP contribution is -2.16. The molecule has 0 heterocycles. The summed E-state index contributed by atoms with van der Waals surface area (Å²) in [6.07, 6.45) is 5.86. The van der Waals surface area contributed by atoms with Crippen molar-refractivity contribution in [2.75, 3.05) is 0 Å². The highest BCUT2D eigenvalue weighted by Gasteiger charge is 2.19. The van der Waals surface area contributed by atoms with Gasteiger partial charge in [-0.2, -0.15) is 11.8 Å². The van der Waals surface area contributed by atoms with E-state index in [1.807, 2.05) is 0 Å². The summed E-state index contributed by atoms with van der Waals surface area (Å²) in [5.74, 6) is 0.986. The molecule has 1 rings (SSSR count). The fraction of sp³-hybridized carbons (Fsp3) is 1.00. The first-order valence-corrected chi connectivity index (χ1v) is 5.78. The molecule has 0 N–H and O–H groups in total.